The van der Waals surface area contributed by atoms with E-state index in [9.17, 15) is 9.59 Å². The van der Waals surface area contributed by atoms with Crippen molar-refractivity contribution in [2.24, 2.45) is 5.73 Å². The van der Waals surface area contributed by atoms with Crippen LogP contribution in [0.4, 0.5) is 0 Å². The van der Waals surface area contributed by atoms with Crippen LogP contribution in [0.1, 0.15) is 31.3 Å². The van der Waals surface area contributed by atoms with Crippen molar-refractivity contribution in [3.63, 3.8) is 0 Å². The Morgan fingerprint density at radius 3 is 2.68 bits per heavy atom. The van der Waals surface area contributed by atoms with Crippen LogP contribution in [0, 0.1) is 0 Å². The van der Waals surface area contributed by atoms with Gasteiger partial charge in [0, 0.05) is 12.1 Å². The second-order valence-electron chi connectivity index (χ2n) is 5.14. The number of aromatic nitrogens is 3. The zero-order chi connectivity index (χ0) is 14.5. The average molecular weight is 268 g/mol. The Hall–Kier alpha value is -1.96. The molecule has 1 aromatic heterocycles. The van der Waals surface area contributed by atoms with Gasteiger partial charge < -0.3 is 16.4 Å². The van der Waals surface area contributed by atoms with Crippen LogP contribution in [-0.2, 0) is 11.3 Å². The summed E-state index contributed by atoms with van der Waals surface area (Å²) in [6, 6.07) is 0. The average Bonchev–Trinajstić information content (AvgIpc) is 2.73. The highest BCUT2D eigenvalue weighted by molar-refractivity contribution is 5.94. The summed E-state index contributed by atoms with van der Waals surface area (Å²) in [7, 11) is 0. The summed E-state index contributed by atoms with van der Waals surface area (Å²) in [6.07, 6.45) is 1.49. The van der Waals surface area contributed by atoms with Crippen molar-refractivity contribution in [2.45, 2.75) is 32.9 Å². The van der Waals surface area contributed by atoms with Gasteiger partial charge in [0.05, 0.1) is 19.3 Å². The van der Waals surface area contributed by atoms with Crippen molar-refractivity contribution in [1.29, 1.82) is 0 Å². The van der Waals surface area contributed by atoms with E-state index in [1.54, 1.807) is 0 Å². The molecule has 0 aromatic carbocycles. The smallest absolute Gasteiger partial charge is 0.273 e. The Bertz CT molecular complexity index is 448. The summed E-state index contributed by atoms with van der Waals surface area (Å²) >= 11 is 0. The molecular formula is C11H20N6O2. The molecule has 0 unspecified atom stereocenters. The van der Waals surface area contributed by atoms with E-state index in [1.165, 1.54) is 10.9 Å². The lowest BCUT2D eigenvalue weighted by molar-refractivity contribution is -0.121. The second-order valence-corrected chi connectivity index (χ2v) is 5.14. The van der Waals surface area contributed by atoms with Gasteiger partial charge in [0.1, 0.15) is 0 Å². The van der Waals surface area contributed by atoms with Gasteiger partial charge in [0.15, 0.2) is 5.69 Å². The second kappa shape index (κ2) is 6.28. The lowest BCUT2D eigenvalue weighted by atomic mass is 10.1. The summed E-state index contributed by atoms with van der Waals surface area (Å²) in [5.41, 5.74) is 5.20. The molecule has 1 rings (SSSR count). The molecule has 0 aliphatic carbocycles. The fraction of sp³-hybridized carbons (Fsp3) is 0.636. The first-order valence-corrected chi connectivity index (χ1v) is 6.01. The van der Waals surface area contributed by atoms with Crippen LogP contribution >= 0.6 is 0 Å². The molecule has 0 atom stereocenters. The number of nitrogens with one attached hydrogen (secondary N) is 2. The molecule has 0 bridgehead atoms. The van der Waals surface area contributed by atoms with Gasteiger partial charge in [-0.2, -0.15) is 0 Å². The molecule has 1 aromatic rings. The molecule has 0 radical (unpaired) electrons. The summed E-state index contributed by atoms with van der Waals surface area (Å²) < 4.78 is 1.48. The number of rotatable bonds is 5. The Morgan fingerprint density at radius 1 is 1.42 bits per heavy atom. The van der Waals surface area contributed by atoms with Crippen LogP contribution in [0.3, 0.4) is 0 Å². The van der Waals surface area contributed by atoms with Crippen molar-refractivity contribution in [3.05, 3.63) is 11.9 Å². The summed E-state index contributed by atoms with van der Waals surface area (Å²) in [4.78, 5) is 23.2. The van der Waals surface area contributed by atoms with Gasteiger partial charge in [-0.15, -0.1) is 5.10 Å². The minimum absolute atomic E-state index is 0.0974. The molecule has 1 heterocycles. The zero-order valence-electron chi connectivity index (χ0n) is 11.4. The van der Waals surface area contributed by atoms with Gasteiger partial charge in [-0.3, -0.25) is 14.3 Å². The fourth-order valence-corrected chi connectivity index (χ4v) is 1.36. The maximum absolute atomic E-state index is 11.7. The third-order valence-corrected chi connectivity index (χ3v) is 2.05. The van der Waals surface area contributed by atoms with Crippen molar-refractivity contribution in [1.82, 2.24) is 25.6 Å². The van der Waals surface area contributed by atoms with Gasteiger partial charge >= 0.3 is 0 Å². The van der Waals surface area contributed by atoms with Crippen LogP contribution in [-0.4, -0.2) is 45.4 Å². The topological polar surface area (TPSA) is 115 Å². The maximum atomic E-state index is 11.7. The number of carbonyl (C=O) groups is 2. The number of nitrogens with two attached hydrogens (primary N) is 1. The third kappa shape index (κ3) is 5.47. The van der Waals surface area contributed by atoms with Crippen LogP contribution in [0.25, 0.3) is 0 Å². The van der Waals surface area contributed by atoms with Crippen molar-refractivity contribution in [3.8, 4) is 0 Å². The molecule has 0 aliphatic heterocycles. The molecule has 0 aliphatic rings. The molecule has 19 heavy (non-hydrogen) atoms. The molecule has 2 amide bonds. The first-order valence-electron chi connectivity index (χ1n) is 6.01. The molecule has 8 heteroatoms. The molecule has 8 nitrogen and oxygen atoms in total. The Balaban J connectivity index is 2.44. The minimum atomic E-state index is -0.438. The SMILES string of the molecule is CC(C)(C)NC(=O)CNC(=O)c1cn(CCN)nn1. The molecule has 0 saturated heterocycles. The van der Waals surface area contributed by atoms with Crippen LogP contribution in [0.15, 0.2) is 6.20 Å². The fourth-order valence-electron chi connectivity index (χ4n) is 1.36. The normalized spacial score (nSPS) is 11.2. The number of hydrogen-bond acceptors (Lipinski definition) is 5. The van der Waals surface area contributed by atoms with Crippen LogP contribution in [0.5, 0.6) is 0 Å². The van der Waals surface area contributed by atoms with Gasteiger partial charge in [-0.1, -0.05) is 5.21 Å². The largest absolute Gasteiger partial charge is 0.350 e. The number of amides is 2. The molecule has 4 N–H and O–H groups in total. The number of hydrogen-bond donors (Lipinski definition) is 3. The number of nitrogens with zero attached hydrogens (tertiary/aromatic N) is 3. The van der Waals surface area contributed by atoms with E-state index in [1.807, 2.05) is 20.8 Å². The summed E-state index contributed by atoms with van der Waals surface area (Å²) in [5, 5.41) is 12.7. The van der Waals surface area contributed by atoms with E-state index in [-0.39, 0.29) is 23.7 Å². The van der Waals surface area contributed by atoms with E-state index in [4.69, 9.17) is 5.73 Å². The molecule has 106 valence electrons. The first-order chi connectivity index (χ1) is 8.81. The van der Waals surface area contributed by atoms with Crippen LogP contribution in [0.2, 0.25) is 0 Å². The third-order valence-electron chi connectivity index (χ3n) is 2.05. The van der Waals surface area contributed by atoms with Crippen molar-refractivity contribution in [2.75, 3.05) is 13.1 Å². The minimum Gasteiger partial charge on any atom is -0.350 e. The summed E-state index contributed by atoms with van der Waals surface area (Å²) in [6.45, 7) is 6.41. The van der Waals surface area contributed by atoms with Gasteiger partial charge in [-0.25, -0.2) is 0 Å². The van der Waals surface area contributed by atoms with E-state index in [0.29, 0.717) is 13.1 Å². The van der Waals surface area contributed by atoms with Gasteiger partial charge in [-0.05, 0) is 20.8 Å². The highest BCUT2D eigenvalue weighted by atomic mass is 16.2. The Kier molecular flexibility index (Phi) is 4.99. The van der Waals surface area contributed by atoms with E-state index in [2.05, 4.69) is 20.9 Å². The van der Waals surface area contributed by atoms with Gasteiger partial charge in [0.25, 0.3) is 5.91 Å². The lowest BCUT2D eigenvalue weighted by Crippen LogP contribution is -2.45. The van der Waals surface area contributed by atoms with E-state index in [0.717, 1.165) is 0 Å². The quantitative estimate of drug-likeness (QED) is 0.626. The monoisotopic (exact) mass is 268 g/mol. The summed E-state index contributed by atoms with van der Waals surface area (Å²) in [5.74, 6) is -0.692. The maximum Gasteiger partial charge on any atom is 0.273 e. The lowest BCUT2D eigenvalue weighted by Gasteiger charge is -2.20. The molecule has 0 spiro atoms. The van der Waals surface area contributed by atoms with Gasteiger partial charge in [0.2, 0.25) is 5.91 Å². The number of carbonyl (C=O) groups excluding carboxylic acids is 2. The highest BCUT2D eigenvalue weighted by Crippen LogP contribution is 1.97. The Labute approximate surface area is 111 Å². The standard InChI is InChI=1S/C11H20N6O2/c1-11(2,3)14-9(18)6-13-10(19)8-7-17(5-4-12)16-15-8/h7H,4-6,12H2,1-3H3,(H,13,19)(H,14,18). The Morgan fingerprint density at radius 2 is 2.11 bits per heavy atom. The molecular weight excluding hydrogens is 248 g/mol. The van der Waals surface area contributed by atoms with Crippen LogP contribution < -0.4 is 16.4 Å². The van der Waals surface area contributed by atoms with E-state index < -0.39 is 5.91 Å². The van der Waals surface area contributed by atoms with Crippen molar-refractivity contribution < 1.29 is 9.59 Å². The molecule has 0 saturated carbocycles. The first kappa shape index (κ1) is 15.1. The predicted molar refractivity (Wildman–Crippen MR) is 69.3 cm³/mol. The zero-order valence-corrected chi connectivity index (χ0v) is 11.4. The van der Waals surface area contributed by atoms with E-state index >= 15 is 0 Å². The highest BCUT2D eigenvalue weighted by Gasteiger charge is 2.16. The molecule has 0 fully saturated rings. The predicted octanol–water partition coefficient (Wildman–Crippen LogP) is -1.12. The van der Waals surface area contributed by atoms with Crippen molar-refractivity contribution >= 4 is 11.8 Å².